The SMILES string of the molecule is NC(=O)C1=C(O)C[C@@H]2CC3Cc4cc(NC(=O)CCN5CCCC5)cc(O)c4C(=O)C3=C(O)[C@]2(O)C1=O. The van der Waals surface area contributed by atoms with Gasteiger partial charge in [-0.3, -0.25) is 19.2 Å². The number of carbonyl (C=O) groups excluding carboxylic acids is 4. The number of benzene rings is 1. The van der Waals surface area contributed by atoms with Crippen molar-refractivity contribution >= 4 is 29.1 Å². The van der Waals surface area contributed by atoms with E-state index < -0.39 is 57.8 Å². The summed E-state index contributed by atoms with van der Waals surface area (Å²) in [5, 5.41) is 45.9. The molecule has 37 heavy (non-hydrogen) atoms. The fraction of sp³-hybridized carbons (Fsp3) is 0.462. The molecule has 4 aliphatic rings. The van der Waals surface area contributed by atoms with Crippen LogP contribution in [0.15, 0.2) is 34.8 Å². The normalized spacial score (nSPS) is 27.6. The van der Waals surface area contributed by atoms with Crippen LogP contribution in [0.25, 0.3) is 0 Å². The number of hydrogen-bond donors (Lipinski definition) is 6. The number of nitrogens with one attached hydrogen (secondary N) is 1. The van der Waals surface area contributed by atoms with Gasteiger partial charge < -0.3 is 36.4 Å². The van der Waals surface area contributed by atoms with Crippen LogP contribution >= 0.6 is 0 Å². The first-order valence-electron chi connectivity index (χ1n) is 12.4. The van der Waals surface area contributed by atoms with Gasteiger partial charge in [0.15, 0.2) is 11.4 Å². The molecule has 1 heterocycles. The summed E-state index contributed by atoms with van der Waals surface area (Å²) in [6, 6.07) is 2.85. The second-order valence-electron chi connectivity index (χ2n) is 10.3. The van der Waals surface area contributed by atoms with E-state index in [0.717, 1.165) is 25.9 Å². The number of phenolic OH excluding ortho intramolecular Hbond substituents is 1. The van der Waals surface area contributed by atoms with Crippen molar-refractivity contribution in [3.63, 3.8) is 0 Å². The lowest BCUT2D eigenvalue weighted by molar-refractivity contribution is -0.144. The molecule has 7 N–H and O–H groups in total. The number of carbonyl (C=O) groups is 4. The molecule has 3 atom stereocenters. The van der Waals surface area contributed by atoms with Gasteiger partial charge in [0, 0.05) is 42.6 Å². The number of phenols is 1. The van der Waals surface area contributed by atoms with E-state index in [0.29, 0.717) is 24.2 Å². The Morgan fingerprint density at radius 1 is 1.11 bits per heavy atom. The number of rotatable bonds is 5. The Labute approximate surface area is 212 Å². The molecule has 11 heteroatoms. The van der Waals surface area contributed by atoms with E-state index in [1.807, 2.05) is 0 Å². The molecule has 11 nitrogen and oxygen atoms in total. The first kappa shape index (κ1) is 25.0. The largest absolute Gasteiger partial charge is 0.511 e. The van der Waals surface area contributed by atoms with Crippen LogP contribution in [-0.2, 0) is 20.8 Å². The van der Waals surface area contributed by atoms with Crippen molar-refractivity contribution in [2.45, 2.75) is 44.1 Å². The highest BCUT2D eigenvalue weighted by Crippen LogP contribution is 2.51. The summed E-state index contributed by atoms with van der Waals surface area (Å²) in [4.78, 5) is 52.8. The minimum atomic E-state index is -2.59. The van der Waals surface area contributed by atoms with E-state index in [9.17, 15) is 39.6 Å². The van der Waals surface area contributed by atoms with E-state index in [-0.39, 0.29) is 36.3 Å². The molecule has 1 aromatic carbocycles. The molecule has 1 aliphatic heterocycles. The van der Waals surface area contributed by atoms with Gasteiger partial charge in [-0.15, -0.1) is 0 Å². The Bertz CT molecular complexity index is 1290. The number of allylic oxidation sites excluding steroid dienone is 2. The summed E-state index contributed by atoms with van der Waals surface area (Å²) in [5.74, 6) is -6.96. The molecule has 0 radical (unpaired) electrons. The highest BCUT2D eigenvalue weighted by atomic mass is 16.3. The number of aliphatic hydroxyl groups excluding tert-OH is 2. The number of hydrogen-bond acceptors (Lipinski definition) is 9. The minimum absolute atomic E-state index is 0.0517. The number of anilines is 1. The Balaban J connectivity index is 1.44. The van der Waals surface area contributed by atoms with Crippen LogP contribution in [-0.4, -0.2) is 73.9 Å². The predicted octanol–water partition coefficient (Wildman–Crippen LogP) is 1.00. The quantitative estimate of drug-likeness (QED) is 0.313. The zero-order valence-electron chi connectivity index (χ0n) is 20.1. The van der Waals surface area contributed by atoms with Crippen molar-refractivity contribution in [3.8, 4) is 5.75 Å². The predicted molar refractivity (Wildman–Crippen MR) is 130 cm³/mol. The van der Waals surface area contributed by atoms with E-state index in [1.165, 1.54) is 6.07 Å². The Hall–Kier alpha value is -3.70. The summed E-state index contributed by atoms with van der Waals surface area (Å²) in [6.07, 6.45) is 2.48. The molecule has 1 fully saturated rings. The van der Waals surface area contributed by atoms with Gasteiger partial charge in [0.1, 0.15) is 22.8 Å². The van der Waals surface area contributed by atoms with Crippen molar-refractivity contribution < 1.29 is 39.6 Å². The zero-order chi connectivity index (χ0) is 26.6. The Morgan fingerprint density at radius 2 is 1.81 bits per heavy atom. The molecule has 0 aromatic heterocycles. The number of primary amides is 1. The summed E-state index contributed by atoms with van der Waals surface area (Å²) in [7, 11) is 0. The van der Waals surface area contributed by atoms with E-state index in [2.05, 4.69) is 10.2 Å². The monoisotopic (exact) mass is 511 g/mol. The second-order valence-corrected chi connectivity index (χ2v) is 10.3. The molecule has 2 amide bonds. The van der Waals surface area contributed by atoms with Crippen molar-refractivity contribution in [1.82, 2.24) is 4.90 Å². The average molecular weight is 512 g/mol. The van der Waals surface area contributed by atoms with Crippen LogP contribution in [0.3, 0.4) is 0 Å². The maximum atomic E-state index is 13.4. The van der Waals surface area contributed by atoms with Crippen molar-refractivity contribution in [2.24, 2.45) is 17.6 Å². The summed E-state index contributed by atoms with van der Waals surface area (Å²) < 4.78 is 0. The van der Waals surface area contributed by atoms with Gasteiger partial charge in [-0.25, -0.2) is 0 Å². The minimum Gasteiger partial charge on any atom is -0.511 e. The van der Waals surface area contributed by atoms with E-state index in [4.69, 9.17) is 5.73 Å². The topological polar surface area (TPSA) is 190 Å². The maximum Gasteiger partial charge on any atom is 0.255 e. The van der Waals surface area contributed by atoms with Crippen molar-refractivity contribution in [2.75, 3.05) is 25.0 Å². The van der Waals surface area contributed by atoms with Gasteiger partial charge in [-0.05, 0) is 56.3 Å². The number of ketones is 2. The molecule has 1 saturated heterocycles. The third-order valence-electron chi connectivity index (χ3n) is 8.01. The maximum absolute atomic E-state index is 13.4. The number of fused-ring (bicyclic) bond motifs is 3. The van der Waals surface area contributed by atoms with Crippen molar-refractivity contribution in [3.05, 3.63) is 45.9 Å². The van der Waals surface area contributed by atoms with Crippen LogP contribution in [0, 0.1) is 11.8 Å². The third-order valence-corrected chi connectivity index (χ3v) is 8.01. The number of aromatic hydroxyl groups is 1. The van der Waals surface area contributed by atoms with Crippen LogP contribution < -0.4 is 11.1 Å². The number of Topliss-reactive ketones (excluding diaryl/α,β-unsaturated/α-hetero) is 2. The molecular weight excluding hydrogens is 482 g/mol. The lowest BCUT2D eigenvalue weighted by atomic mass is 9.60. The highest BCUT2D eigenvalue weighted by Gasteiger charge is 2.59. The number of amides is 2. The molecule has 196 valence electrons. The van der Waals surface area contributed by atoms with Gasteiger partial charge in [0.05, 0.1) is 5.56 Å². The van der Waals surface area contributed by atoms with Crippen LogP contribution in [0.5, 0.6) is 5.75 Å². The van der Waals surface area contributed by atoms with Crippen molar-refractivity contribution in [1.29, 1.82) is 0 Å². The van der Waals surface area contributed by atoms with Crippen LogP contribution in [0.1, 0.15) is 48.0 Å². The lowest BCUT2D eigenvalue weighted by Crippen LogP contribution is -2.57. The summed E-state index contributed by atoms with van der Waals surface area (Å²) in [6.45, 7) is 2.58. The molecule has 5 rings (SSSR count). The highest BCUT2D eigenvalue weighted by molar-refractivity contribution is 6.24. The fourth-order valence-electron chi connectivity index (χ4n) is 6.21. The third kappa shape index (κ3) is 3.98. The fourth-order valence-corrected chi connectivity index (χ4v) is 6.21. The first-order chi connectivity index (χ1) is 17.5. The van der Waals surface area contributed by atoms with Gasteiger partial charge >= 0.3 is 0 Å². The Kier molecular flexibility index (Phi) is 6.07. The molecular formula is C26H29N3O8. The van der Waals surface area contributed by atoms with Gasteiger partial charge in [0.2, 0.25) is 11.7 Å². The lowest BCUT2D eigenvalue weighted by Gasteiger charge is -2.45. The number of likely N-dealkylation sites (tertiary alicyclic amines) is 1. The van der Waals surface area contributed by atoms with Gasteiger partial charge in [0.25, 0.3) is 5.91 Å². The standard InChI is InChI=1S/C26H29N3O8/c27-25(36)21-16(30)10-14-8-12-7-13-9-15(28-18(32)3-6-29-4-1-2-5-29)11-17(31)19(13)22(33)20(12)23(34)26(14,37)24(21)35/h9,11-12,14,30-31,34,37H,1-8,10H2,(H2,27,36)(H,28,32)/t12?,14-,26-/m0/s1. The summed E-state index contributed by atoms with van der Waals surface area (Å²) >= 11 is 0. The number of aliphatic hydroxyl groups is 3. The molecule has 1 unspecified atom stereocenters. The van der Waals surface area contributed by atoms with Gasteiger partial charge in [-0.2, -0.15) is 0 Å². The first-order valence-corrected chi connectivity index (χ1v) is 12.4. The molecule has 3 aliphatic carbocycles. The molecule has 0 saturated carbocycles. The number of nitrogens with two attached hydrogens (primary N) is 1. The van der Waals surface area contributed by atoms with E-state index >= 15 is 0 Å². The molecule has 1 aromatic rings. The second kappa shape index (κ2) is 9.00. The number of nitrogens with zero attached hydrogens (tertiary/aromatic N) is 1. The van der Waals surface area contributed by atoms with Crippen LogP contribution in [0.4, 0.5) is 5.69 Å². The van der Waals surface area contributed by atoms with Gasteiger partial charge in [-0.1, -0.05) is 0 Å². The average Bonchev–Trinajstić information content (AvgIpc) is 3.33. The van der Waals surface area contributed by atoms with Crippen LogP contribution in [0.2, 0.25) is 0 Å². The molecule has 0 spiro atoms. The van der Waals surface area contributed by atoms with E-state index in [1.54, 1.807) is 6.07 Å². The Morgan fingerprint density at radius 3 is 2.49 bits per heavy atom. The smallest absolute Gasteiger partial charge is 0.255 e. The summed E-state index contributed by atoms with van der Waals surface area (Å²) in [5.41, 5.74) is 2.28. The molecule has 0 bridgehead atoms. The zero-order valence-corrected chi connectivity index (χ0v) is 20.1.